The van der Waals surface area contributed by atoms with Crippen LogP contribution in [0.3, 0.4) is 0 Å². The standard InChI is InChI=1S/C10H13N3O/c1-6-12-10(14-13-6)8-3-2-7-4-9(8)11-5-7/h3,7,9,11H,2,4-5H2,1H3. The quantitative estimate of drug-likeness (QED) is 0.723. The second kappa shape index (κ2) is 2.92. The number of nitrogens with zero attached hydrogens (tertiary/aromatic N) is 2. The van der Waals surface area contributed by atoms with Gasteiger partial charge in [-0.1, -0.05) is 11.2 Å². The lowest BCUT2D eigenvalue weighted by Gasteiger charge is -2.16. The van der Waals surface area contributed by atoms with Crippen molar-refractivity contribution in [2.45, 2.75) is 25.8 Å². The summed E-state index contributed by atoms with van der Waals surface area (Å²) in [5.74, 6) is 2.22. The van der Waals surface area contributed by atoms with Crippen LogP contribution in [0.15, 0.2) is 10.6 Å². The maximum absolute atomic E-state index is 5.18. The first-order valence-electron chi connectivity index (χ1n) is 5.07. The van der Waals surface area contributed by atoms with Gasteiger partial charge in [0.2, 0.25) is 0 Å². The van der Waals surface area contributed by atoms with Crippen LogP contribution in [0, 0.1) is 12.8 Å². The van der Waals surface area contributed by atoms with Gasteiger partial charge in [-0.3, -0.25) is 0 Å². The van der Waals surface area contributed by atoms with Gasteiger partial charge in [-0.2, -0.15) is 4.98 Å². The molecule has 2 unspecified atom stereocenters. The minimum Gasteiger partial charge on any atom is -0.334 e. The van der Waals surface area contributed by atoms with Crippen molar-refractivity contribution in [2.75, 3.05) is 6.54 Å². The number of hydrogen-bond donors (Lipinski definition) is 1. The van der Waals surface area contributed by atoms with E-state index in [1.165, 1.54) is 12.0 Å². The molecule has 1 aliphatic heterocycles. The molecule has 0 amide bonds. The number of rotatable bonds is 1. The highest BCUT2D eigenvalue weighted by atomic mass is 16.5. The third-order valence-corrected chi connectivity index (χ3v) is 3.04. The van der Waals surface area contributed by atoms with Crippen LogP contribution in [-0.2, 0) is 0 Å². The largest absolute Gasteiger partial charge is 0.334 e. The molecule has 0 aromatic carbocycles. The Morgan fingerprint density at radius 3 is 3.29 bits per heavy atom. The molecule has 2 heterocycles. The molecule has 74 valence electrons. The lowest BCUT2D eigenvalue weighted by atomic mass is 9.90. The second-order valence-corrected chi connectivity index (χ2v) is 4.10. The molecular formula is C10H13N3O. The van der Waals surface area contributed by atoms with Crippen molar-refractivity contribution in [1.29, 1.82) is 0 Å². The number of allylic oxidation sites excluding steroid dienone is 1. The molecule has 4 nitrogen and oxygen atoms in total. The predicted molar refractivity (Wildman–Crippen MR) is 51.5 cm³/mol. The Morgan fingerprint density at radius 1 is 1.57 bits per heavy atom. The van der Waals surface area contributed by atoms with Gasteiger partial charge in [0.15, 0.2) is 5.82 Å². The summed E-state index contributed by atoms with van der Waals surface area (Å²) in [6.07, 6.45) is 4.60. The summed E-state index contributed by atoms with van der Waals surface area (Å²) < 4.78 is 5.18. The zero-order valence-electron chi connectivity index (χ0n) is 8.16. The van der Waals surface area contributed by atoms with Gasteiger partial charge in [-0.05, 0) is 32.2 Å². The minimum absolute atomic E-state index is 0.439. The molecule has 1 N–H and O–H groups in total. The molecule has 1 aliphatic carbocycles. The third kappa shape index (κ3) is 1.18. The average molecular weight is 191 g/mol. The topological polar surface area (TPSA) is 51.0 Å². The fourth-order valence-electron chi connectivity index (χ4n) is 2.31. The molecule has 14 heavy (non-hydrogen) atoms. The van der Waals surface area contributed by atoms with Gasteiger partial charge in [0, 0.05) is 11.6 Å². The molecular weight excluding hydrogens is 178 g/mol. The molecule has 1 aromatic rings. The summed E-state index contributed by atoms with van der Waals surface area (Å²) in [5.41, 5.74) is 1.19. The van der Waals surface area contributed by atoms with Crippen LogP contribution in [0.4, 0.5) is 0 Å². The minimum atomic E-state index is 0.439. The lowest BCUT2D eigenvalue weighted by Crippen LogP contribution is -2.22. The Kier molecular flexibility index (Phi) is 1.70. The number of hydrogen-bond acceptors (Lipinski definition) is 4. The van der Waals surface area contributed by atoms with Gasteiger partial charge >= 0.3 is 0 Å². The van der Waals surface area contributed by atoms with E-state index in [1.54, 1.807) is 0 Å². The van der Waals surface area contributed by atoms with Crippen LogP contribution in [0.5, 0.6) is 0 Å². The fourth-order valence-corrected chi connectivity index (χ4v) is 2.31. The molecule has 3 rings (SSSR count). The Morgan fingerprint density at radius 2 is 2.50 bits per heavy atom. The fraction of sp³-hybridized carbons (Fsp3) is 0.600. The van der Waals surface area contributed by atoms with Gasteiger partial charge in [0.05, 0.1) is 0 Å². The summed E-state index contributed by atoms with van der Waals surface area (Å²) in [6.45, 7) is 2.97. The van der Waals surface area contributed by atoms with Crippen molar-refractivity contribution >= 4 is 5.57 Å². The molecule has 1 fully saturated rings. The molecule has 0 spiro atoms. The Bertz CT molecular complexity index is 382. The smallest absolute Gasteiger partial charge is 0.255 e. The molecule has 1 saturated heterocycles. The van der Waals surface area contributed by atoms with Gasteiger partial charge < -0.3 is 9.84 Å². The average Bonchev–Trinajstić information content (AvgIpc) is 2.75. The molecule has 2 bridgehead atoms. The van der Waals surface area contributed by atoms with Crippen molar-refractivity contribution < 1.29 is 4.52 Å². The van der Waals surface area contributed by atoms with E-state index in [9.17, 15) is 0 Å². The third-order valence-electron chi connectivity index (χ3n) is 3.04. The van der Waals surface area contributed by atoms with Crippen LogP contribution >= 0.6 is 0 Å². The summed E-state index contributed by atoms with van der Waals surface area (Å²) >= 11 is 0. The second-order valence-electron chi connectivity index (χ2n) is 4.10. The Hall–Kier alpha value is -1.16. The van der Waals surface area contributed by atoms with E-state index >= 15 is 0 Å². The Balaban J connectivity index is 1.95. The van der Waals surface area contributed by atoms with Crippen LogP contribution in [-0.4, -0.2) is 22.7 Å². The van der Waals surface area contributed by atoms with E-state index in [0.717, 1.165) is 18.9 Å². The van der Waals surface area contributed by atoms with Crippen LogP contribution in [0.1, 0.15) is 24.6 Å². The number of aromatic nitrogens is 2. The molecule has 0 saturated carbocycles. The molecule has 4 heteroatoms. The molecule has 1 aromatic heterocycles. The zero-order valence-corrected chi connectivity index (χ0v) is 8.16. The van der Waals surface area contributed by atoms with Crippen molar-refractivity contribution in [2.24, 2.45) is 5.92 Å². The van der Waals surface area contributed by atoms with Gasteiger partial charge in [0.25, 0.3) is 5.89 Å². The first-order chi connectivity index (χ1) is 6.83. The first kappa shape index (κ1) is 8.17. The van der Waals surface area contributed by atoms with Crippen molar-refractivity contribution in [3.8, 4) is 0 Å². The number of nitrogens with one attached hydrogen (secondary N) is 1. The maximum Gasteiger partial charge on any atom is 0.255 e. The summed E-state index contributed by atoms with van der Waals surface area (Å²) in [6, 6.07) is 0.439. The normalized spacial score (nSPS) is 30.5. The predicted octanol–water partition coefficient (Wildman–Crippen LogP) is 1.14. The van der Waals surface area contributed by atoms with Crippen molar-refractivity contribution in [1.82, 2.24) is 15.5 Å². The first-order valence-corrected chi connectivity index (χ1v) is 5.07. The Labute approximate surface area is 82.4 Å². The van der Waals surface area contributed by atoms with Gasteiger partial charge in [0.1, 0.15) is 0 Å². The summed E-state index contributed by atoms with van der Waals surface area (Å²) in [7, 11) is 0. The lowest BCUT2D eigenvalue weighted by molar-refractivity contribution is 0.397. The highest BCUT2D eigenvalue weighted by Crippen LogP contribution is 2.33. The molecule has 2 atom stereocenters. The van der Waals surface area contributed by atoms with Gasteiger partial charge in [-0.15, -0.1) is 0 Å². The molecule has 2 aliphatic rings. The maximum atomic E-state index is 5.18. The van der Waals surface area contributed by atoms with Crippen LogP contribution in [0.2, 0.25) is 0 Å². The van der Waals surface area contributed by atoms with E-state index in [2.05, 4.69) is 21.5 Å². The van der Waals surface area contributed by atoms with E-state index in [1.807, 2.05) is 6.92 Å². The van der Waals surface area contributed by atoms with E-state index in [-0.39, 0.29) is 0 Å². The van der Waals surface area contributed by atoms with Crippen LogP contribution in [0.25, 0.3) is 5.57 Å². The highest BCUT2D eigenvalue weighted by molar-refractivity contribution is 5.65. The van der Waals surface area contributed by atoms with Crippen LogP contribution < -0.4 is 5.32 Å². The number of fused-ring (bicyclic) bond motifs is 2. The monoisotopic (exact) mass is 191 g/mol. The summed E-state index contributed by atoms with van der Waals surface area (Å²) in [5, 5.41) is 7.30. The molecule has 0 radical (unpaired) electrons. The SMILES string of the molecule is Cc1noc(C2=CCC3CNC2C3)n1. The number of aryl methyl sites for hydroxylation is 1. The zero-order chi connectivity index (χ0) is 9.54. The van der Waals surface area contributed by atoms with E-state index in [0.29, 0.717) is 17.8 Å². The summed E-state index contributed by atoms with van der Waals surface area (Å²) in [4.78, 5) is 4.27. The van der Waals surface area contributed by atoms with Crippen molar-refractivity contribution in [3.63, 3.8) is 0 Å². The van der Waals surface area contributed by atoms with E-state index in [4.69, 9.17) is 4.52 Å². The highest BCUT2D eigenvalue weighted by Gasteiger charge is 2.32. The van der Waals surface area contributed by atoms with Gasteiger partial charge in [-0.25, -0.2) is 0 Å². The van der Waals surface area contributed by atoms with Crippen molar-refractivity contribution in [3.05, 3.63) is 17.8 Å². The van der Waals surface area contributed by atoms with E-state index < -0.39 is 0 Å².